The Morgan fingerprint density at radius 2 is 0.896 bits per heavy atom. The fraction of sp³-hybridized carbons (Fsp3) is 0.730. The fourth-order valence-electron chi connectivity index (χ4n) is 9.25. The molecule has 2 aliphatic rings. The number of amides is 1. The summed E-state index contributed by atoms with van der Waals surface area (Å²) < 4.78 is 22.8. The number of carbonyl (C=O) groups excluding carboxylic acids is 1. The number of hydrogen-bond acceptors (Lipinski definition) is 13. The van der Waals surface area contributed by atoms with E-state index in [2.05, 4.69) is 116 Å². The van der Waals surface area contributed by atoms with Crippen molar-refractivity contribution in [1.82, 2.24) is 5.32 Å². The fourth-order valence-corrected chi connectivity index (χ4v) is 9.25. The van der Waals surface area contributed by atoms with E-state index in [1.54, 1.807) is 0 Å². The lowest BCUT2D eigenvalue weighted by Gasteiger charge is -2.46. The van der Waals surface area contributed by atoms with Gasteiger partial charge in [-0.15, -0.1) is 0 Å². The maximum atomic E-state index is 13.3. The first-order chi connectivity index (χ1) is 37.6. The van der Waals surface area contributed by atoms with Gasteiger partial charge in [0, 0.05) is 6.42 Å². The molecule has 0 bridgehead atoms. The molecule has 12 unspecified atom stereocenters. The average molecular weight is 1090 g/mol. The first-order valence-electron chi connectivity index (χ1n) is 30.0. The van der Waals surface area contributed by atoms with E-state index in [-0.39, 0.29) is 18.9 Å². The van der Waals surface area contributed by atoms with Crippen molar-refractivity contribution < 1.29 is 64.6 Å². The van der Waals surface area contributed by atoms with Gasteiger partial charge in [-0.1, -0.05) is 214 Å². The molecule has 1 amide bonds. The van der Waals surface area contributed by atoms with Gasteiger partial charge in [0.1, 0.15) is 48.8 Å². The smallest absolute Gasteiger partial charge is 0.220 e. The number of aliphatic hydroxyl groups excluding tert-OH is 8. The SMILES string of the molecule is CC/C=C\C/C=C\C/C=C\C/C=C\C/C=C\C/C=C\C/C=C\C/C=C\CCCCCCCCC(=O)NC(COC1OC(CO)C(OC2OC(CO)C(O)C(O)C2O)C(O)C1O)C(O)CCCCCCCCCCCCCC. The summed E-state index contributed by atoms with van der Waals surface area (Å²) >= 11 is 0. The molecule has 0 radical (unpaired) electrons. The molecule has 0 aromatic carbocycles. The summed E-state index contributed by atoms with van der Waals surface area (Å²) in [4.78, 5) is 13.3. The highest BCUT2D eigenvalue weighted by Crippen LogP contribution is 2.30. The number of nitrogens with one attached hydrogen (secondary N) is 1. The molecule has 2 rings (SSSR count). The van der Waals surface area contributed by atoms with E-state index in [4.69, 9.17) is 18.9 Å². The quantitative estimate of drug-likeness (QED) is 0.0205. The maximum Gasteiger partial charge on any atom is 0.220 e. The molecular weight excluding hydrogens is 979 g/mol. The Hall–Kier alpha value is -3.09. The molecule has 2 aliphatic heterocycles. The normalized spacial score (nSPS) is 25.4. The van der Waals surface area contributed by atoms with Gasteiger partial charge in [-0.25, -0.2) is 0 Å². The minimum Gasteiger partial charge on any atom is -0.394 e. The number of carbonyl (C=O) groups is 1. The second-order valence-corrected chi connectivity index (χ2v) is 20.7. The van der Waals surface area contributed by atoms with Gasteiger partial charge in [-0.3, -0.25) is 4.79 Å². The van der Waals surface area contributed by atoms with E-state index in [0.717, 1.165) is 116 Å². The molecule has 0 saturated carbocycles. The molecule has 9 N–H and O–H groups in total. The van der Waals surface area contributed by atoms with Crippen molar-refractivity contribution in [2.24, 2.45) is 0 Å². The predicted molar refractivity (Wildman–Crippen MR) is 309 cm³/mol. The third kappa shape index (κ3) is 33.3. The van der Waals surface area contributed by atoms with E-state index in [1.807, 2.05) is 0 Å². The van der Waals surface area contributed by atoms with Crippen molar-refractivity contribution in [3.05, 3.63) is 97.2 Å². The molecule has 0 aliphatic carbocycles. The zero-order chi connectivity index (χ0) is 56.0. The summed E-state index contributed by atoms with van der Waals surface area (Å²) in [6.07, 6.45) is 48.4. The molecule has 2 fully saturated rings. The Labute approximate surface area is 464 Å². The standard InChI is InChI=1S/C63H107NO13/c1-3-5-7-9-11-13-15-17-18-19-20-21-22-23-24-25-26-27-28-29-30-31-32-33-34-35-37-39-41-43-45-47-55(68)64-51(52(67)46-44-42-40-38-36-16-14-12-10-8-6-4-2)50-74-62-60(73)58(71)61(54(49-66)76-62)77-63-59(72)57(70)56(69)53(48-65)75-63/h5,7,11,13,17-18,20-21,23-24,26-27,29-30,32-33,51-54,56-63,65-67,69-73H,3-4,6,8-10,12,14-16,19,22,25,28,31,34-50H2,1-2H3,(H,64,68)/b7-5-,13-11-,18-17-,21-20-,24-23-,27-26-,30-29-,33-32-. The van der Waals surface area contributed by atoms with Crippen LogP contribution in [0.2, 0.25) is 0 Å². The molecule has 12 atom stereocenters. The number of rotatable bonds is 46. The van der Waals surface area contributed by atoms with Crippen LogP contribution in [0.5, 0.6) is 0 Å². The maximum absolute atomic E-state index is 13.3. The molecule has 14 heteroatoms. The molecule has 0 aromatic heterocycles. The van der Waals surface area contributed by atoms with Crippen LogP contribution in [-0.4, -0.2) is 140 Å². The van der Waals surface area contributed by atoms with Crippen LogP contribution in [0.4, 0.5) is 0 Å². The number of aliphatic hydroxyl groups is 8. The first kappa shape index (κ1) is 70.0. The van der Waals surface area contributed by atoms with Crippen molar-refractivity contribution in [3.63, 3.8) is 0 Å². The Morgan fingerprint density at radius 3 is 1.38 bits per heavy atom. The van der Waals surface area contributed by atoms with Crippen molar-refractivity contribution in [1.29, 1.82) is 0 Å². The second kappa shape index (κ2) is 47.7. The number of ether oxygens (including phenoxy) is 4. The van der Waals surface area contributed by atoms with Gasteiger partial charge in [0.2, 0.25) is 5.91 Å². The highest BCUT2D eigenvalue weighted by molar-refractivity contribution is 5.76. The van der Waals surface area contributed by atoms with Crippen LogP contribution in [0, 0.1) is 0 Å². The summed E-state index contributed by atoms with van der Waals surface area (Å²) in [5.74, 6) is -0.227. The van der Waals surface area contributed by atoms with Crippen LogP contribution in [0.3, 0.4) is 0 Å². The van der Waals surface area contributed by atoms with Crippen LogP contribution < -0.4 is 5.32 Å². The summed E-state index contributed by atoms with van der Waals surface area (Å²) in [5.41, 5.74) is 0. The molecule has 442 valence electrons. The number of allylic oxidation sites excluding steroid dienone is 16. The van der Waals surface area contributed by atoms with Crippen LogP contribution in [0.15, 0.2) is 97.2 Å². The van der Waals surface area contributed by atoms with Crippen LogP contribution in [0.1, 0.15) is 200 Å². The first-order valence-corrected chi connectivity index (χ1v) is 30.0. The Balaban J connectivity index is 1.70. The Kier molecular flexibility index (Phi) is 43.4. The van der Waals surface area contributed by atoms with Crippen LogP contribution in [0.25, 0.3) is 0 Å². The third-order valence-corrected chi connectivity index (χ3v) is 14.1. The second-order valence-electron chi connectivity index (χ2n) is 20.7. The average Bonchev–Trinajstić information content (AvgIpc) is 3.43. The van der Waals surface area contributed by atoms with Gasteiger partial charge in [0.15, 0.2) is 12.6 Å². The summed E-state index contributed by atoms with van der Waals surface area (Å²) in [6, 6.07) is -0.843. The van der Waals surface area contributed by atoms with Gasteiger partial charge in [0.05, 0.1) is 32.0 Å². The molecular formula is C63H107NO13. The summed E-state index contributed by atoms with van der Waals surface area (Å²) in [7, 11) is 0. The lowest BCUT2D eigenvalue weighted by Crippen LogP contribution is -2.65. The van der Waals surface area contributed by atoms with E-state index >= 15 is 0 Å². The highest BCUT2D eigenvalue weighted by Gasteiger charge is 2.51. The number of hydrogen-bond donors (Lipinski definition) is 9. The molecule has 2 saturated heterocycles. The van der Waals surface area contributed by atoms with Gasteiger partial charge >= 0.3 is 0 Å². The van der Waals surface area contributed by atoms with Crippen molar-refractivity contribution in [2.45, 2.75) is 274 Å². The minimum atomic E-state index is -1.79. The van der Waals surface area contributed by atoms with Gasteiger partial charge < -0.3 is 65.1 Å². The molecule has 2 heterocycles. The van der Waals surface area contributed by atoms with Gasteiger partial charge in [-0.2, -0.15) is 0 Å². The van der Waals surface area contributed by atoms with Gasteiger partial charge in [0.25, 0.3) is 0 Å². The summed E-state index contributed by atoms with van der Waals surface area (Å²) in [6.45, 7) is 2.71. The Morgan fingerprint density at radius 1 is 0.481 bits per heavy atom. The zero-order valence-electron chi connectivity index (χ0n) is 47.4. The zero-order valence-corrected chi connectivity index (χ0v) is 47.4. The largest absolute Gasteiger partial charge is 0.394 e. The number of unbranched alkanes of at least 4 members (excludes halogenated alkanes) is 17. The van der Waals surface area contributed by atoms with E-state index in [1.165, 1.54) is 51.4 Å². The van der Waals surface area contributed by atoms with E-state index < -0.39 is 86.8 Å². The molecule has 77 heavy (non-hydrogen) atoms. The molecule has 0 aromatic rings. The predicted octanol–water partition coefficient (Wildman–Crippen LogP) is 10.3. The minimum absolute atomic E-state index is 0.227. The third-order valence-electron chi connectivity index (χ3n) is 14.1. The topological polar surface area (TPSA) is 228 Å². The van der Waals surface area contributed by atoms with Crippen molar-refractivity contribution in [2.75, 3.05) is 19.8 Å². The highest BCUT2D eigenvalue weighted by atomic mass is 16.7. The van der Waals surface area contributed by atoms with Crippen molar-refractivity contribution in [3.8, 4) is 0 Å². The lowest BCUT2D eigenvalue weighted by atomic mass is 9.97. The van der Waals surface area contributed by atoms with E-state index in [9.17, 15) is 45.6 Å². The van der Waals surface area contributed by atoms with Gasteiger partial charge in [-0.05, 0) is 77.0 Å². The summed E-state index contributed by atoms with van der Waals surface area (Å²) in [5, 5.41) is 87.1. The molecule has 14 nitrogen and oxygen atoms in total. The lowest BCUT2D eigenvalue weighted by molar-refractivity contribution is -0.359. The monoisotopic (exact) mass is 1090 g/mol. The molecule has 0 spiro atoms. The van der Waals surface area contributed by atoms with Crippen LogP contribution >= 0.6 is 0 Å². The van der Waals surface area contributed by atoms with Crippen molar-refractivity contribution >= 4 is 5.91 Å². The Bertz CT molecular complexity index is 1660. The van der Waals surface area contributed by atoms with Crippen LogP contribution in [-0.2, 0) is 23.7 Å². The van der Waals surface area contributed by atoms with E-state index in [0.29, 0.717) is 12.8 Å².